The monoisotopic (exact) mass is 266 g/mol. The van der Waals surface area contributed by atoms with Gasteiger partial charge in [0.15, 0.2) is 5.82 Å². The van der Waals surface area contributed by atoms with Gasteiger partial charge in [0.1, 0.15) is 0 Å². The fourth-order valence-electron chi connectivity index (χ4n) is 2.61. The van der Waals surface area contributed by atoms with Crippen LogP contribution >= 0.6 is 0 Å². The Hall–Kier alpha value is -1.56. The van der Waals surface area contributed by atoms with E-state index in [9.17, 15) is 4.79 Å². The summed E-state index contributed by atoms with van der Waals surface area (Å²) in [7, 11) is 1.47. The van der Waals surface area contributed by atoms with Crippen LogP contribution in [0.5, 0.6) is 5.75 Å². The second kappa shape index (κ2) is 5.61. The van der Waals surface area contributed by atoms with Gasteiger partial charge in [-0.3, -0.25) is 4.79 Å². The highest BCUT2D eigenvalue weighted by atomic mass is 16.5. The number of nitrogens with zero attached hydrogens (tertiary/aromatic N) is 1. The van der Waals surface area contributed by atoms with E-state index in [2.05, 4.69) is 22.2 Å². The van der Waals surface area contributed by atoms with Crippen LogP contribution in [0.25, 0.3) is 0 Å². The Balaban J connectivity index is 2.24. The van der Waals surface area contributed by atoms with Gasteiger partial charge in [-0.05, 0) is 31.6 Å². The number of aromatic amines is 1. The summed E-state index contributed by atoms with van der Waals surface area (Å²) < 4.78 is 5.12. The first-order chi connectivity index (χ1) is 9.10. The largest absolute Gasteiger partial charge is 0.489 e. The highest BCUT2D eigenvalue weighted by Gasteiger charge is 2.34. The van der Waals surface area contributed by atoms with Gasteiger partial charge in [0.05, 0.1) is 19.0 Å². The summed E-state index contributed by atoms with van der Waals surface area (Å²) in [4.78, 5) is 18.3. The average molecular weight is 266 g/mol. The van der Waals surface area contributed by atoms with Crippen molar-refractivity contribution in [1.82, 2.24) is 9.97 Å². The molecule has 0 radical (unpaired) electrons. The number of hydrogen-bond donors (Lipinski definition) is 3. The molecule has 1 saturated carbocycles. The average Bonchev–Trinajstić information content (AvgIpc) is 2.42. The molecule has 0 saturated heterocycles. The van der Waals surface area contributed by atoms with E-state index in [4.69, 9.17) is 10.5 Å². The Kier molecular flexibility index (Phi) is 4.09. The first-order valence-electron chi connectivity index (χ1n) is 6.70. The Morgan fingerprint density at radius 2 is 2.26 bits per heavy atom. The third kappa shape index (κ3) is 2.89. The quantitative estimate of drug-likeness (QED) is 0.758. The molecule has 1 aromatic rings. The van der Waals surface area contributed by atoms with Crippen molar-refractivity contribution in [2.45, 2.75) is 38.1 Å². The van der Waals surface area contributed by atoms with E-state index in [1.807, 2.05) is 0 Å². The predicted octanol–water partition coefficient (Wildman–Crippen LogP) is 1.10. The maximum atomic E-state index is 11.7. The van der Waals surface area contributed by atoms with E-state index < -0.39 is 0 Å². The molecule has 1 aliphatic rings. The molecule has 1 aliphatic carbocycles. The van der Waals surface area contributed by atoms with E-state index in [0.717, 1.165) is 31.6 Å². The number of H-pyrrole nitrogens is 1. The molecule has 0 aliphatic heterocycles. The molecule has 6 heteroatoms. The van der Waals surface area contributed by atoms with Crippen LogP contribution in [-0.2, 0) is 0 Å². The fourth-order valence-corrected chi connectivity index (χ4v) is 2.61. The van der Waals surface area contributed by atoms with Crippen molar-refractivity contribution < 1.29 is 4.74 Å². The Labute approximate surface area is 112 Å². The third-order valence-electron chi connectivity index (χ3n) is 4.02. The third-order valence-corrected chi connectivity index (χ3v) is 4.02. The zero-order valence-corrected chi connectivity index (χ0v) is 11.5. The van der Waals surface area contributed by atoms with Crippen LogP contribution in [0.1, 0.15) is 32.6 Å². The second-order valence-corrected chi connectivity index (χ2v) is 5.41. The SMILES string of the molecule is COc1c(NC2(CN)CCC(C)CC2)nc[nH]c1=O. The minimum atomic E-state index is -0.281. The van der Waals surface area contributed by atoms with E-state index in [1.54, 1.807) is 0 Å². The summed E-state index contributed by atoms with van der Waals surface area (Å²) >= 11 is 0. The number of ether oxygens (including phenoxy) is 1. The van der Waals surface area contributed by atoms with Crippen LogP contribution < -0.4 is 21.3 Å². The standard InChI is InChI=1S/C13H22N4O2/c1-9-3-5-13(7-14,6-4-9)17-11-10(19-2)12(18)16-8-15-11/h8-9H,3-7,14H2,1-2H3,(H2,15,16,17,18). The predicted molar refractivity (Wildman–Crippen MR) is 74.4 cm³/mol. The van der Waals surface area contributed by atoms with Gasteiger partial charge in [-0.25, -0.2) is 4.98 Å². The number of nitrogens with two attached hydrogens (primary N) is 1. The van der Waals surface area contributed by atoms with Crippen molar-refractivity contribution in [3.63, 3.8) is 0 Å². The molecule has 1 fully saturated rings. The molecule has 2 rings (SSSR count). The second-order valence-electron chi connectivity index (χ2n) is 5.41. The maximum Gasteiger partial charge on any atom is 0.295 e. The topological polar surface area (TPSA) is 93.0 Å². The molecule has 0 unspecified atom stereocenters. The number of anilines is 1. The summed E-state index contributed by atoms with van der Waals surface area (Å²) in [6, 6.07) is 0. The minimum Gasteiger partial charge on any atom is -0.489 e. The van der Waals surface area contributed by atoms with Crippen LogP contribution in [0.2, 0.25) is 0 Å². The number of methoxy groups -OCH3 is 1. The maximum absolute atomic E-state index is 11.7. The van der Waals surface area contributed by atoms with Crippen molar-refractivity contribution >= 4 is 5.82 Å². The minimum absolute atomic E-state index is 0.180. The number of rotatable bonds is 4. The fraction of sp³-hybridized carbons (Fsp3) is 0.692. The molecule has 0 amide bonds. The van der Waals surface area contributed by atoms with Crippen molar-refractivity contribution in [3.05, 3.63) is 16.7 Å². The van der Waals surface area contributed by atoms with E-state index >= 15 is 0 Å². The highest BCUT2D eigenvalue weighted by molar-refractivity contribution is 5.50. The molecule has 0 atom stereocenters. The lowest BCUT2D eigenvalue weighted by molar-refractivity contribution is 0.270. The van der Waals surface area contributed by atoms with E-state index in [1.165, 1.54) is 13.4 Å². The summed E-state index contributed by atoms with van der Waals surface area (Å²) in [5, 5.41) is 3.34. The molecular formula is C13H22N4O2. The van der Waals surface area contributed by atoms with Gasteiger partial charge in [0.2, 0.25) is 5.75 Å². The van der Waals surface area contributed by atoms with Gasteiger partial charge < -0.3 is 20.8 Å². The van der Waals surface area contributed by atoms with Crippen LogP contribution in [0.4, 0.5) is 5.82 Å². The van der Waals surface area contributed by atoms with Crippen LogP contribution in [0, 0.1) is 5.92 Å². The zero-order chi connectivity index (χ0) is 13.9. The molecule has 1 heterocycles. The van der Waals surface area contributed by atoms with Crippen molar-refractivity contribution in [2.75, 3.05) is 19.0 Å². The zero-order valence-electron chi connectivity index (χ0n) is 11.5. The lowest BCUT2D eigenvalue weighted by Crippen LogP contribution is -2.48. The summed E-state index contributed by atoms with van der Waals surface area (Å²) in [5.41, 5.74) is 5.48. The number of nitrogens with one attached hydrogen (secondary N) is 2. The van der Waals surface area contributed by atoms with Crippen LogP contribution in [0.15, 0.2) is 11.1 Å². The molecule has 19 heavy (non-hydrogen) atoms. The first kappa shape index (κ1) is 13.9. The van der Waals surface area contributed by atoms with E-state index in [-0.39, 0.29) is 16.8 Å². The van der Waals surface area contributed by atoms with Gasteiger partial charge in [-0.2, -0.15) is 0 Å². The van der Waals surface area contributed by atoms with Gasteiger partial charge in [0.25, 0.3) is 5.56 Å². The molecule has 0 bridgehead atoms. The van der Waals surface area contributed by atoms with Crippen LogP contribution in [-0.4, -0.2) is 29.2 Å². The van der Waals surface area contributed by atoms with Crippen LogP contribution in [0.3, 0.4) is 0 Å². The summed E-state index contributed by atoms with van der Waals surface area (Å²) in [6.45, 7) is 2.78. The smallest absolute Gasteiger partial charge is 0.295 e. The Bertz CT molecular complexity index is 478. The van der Waals surface area contributed by atoms with Gasteiger partial charge in [-0.15, -0.1) is 0 Å². The molecular weight excluding hydrogens is 244 g/mol. The Morgan fingerprint density at radius 3 is 2.84 bits per heavy atom. The highest BCUT2D eigenvalue weighted by Crippen LogP contribution is 2.34. The summed E-state index contributed by atoms with van der Waals surface area (Å²) in [5.74, 6) is 1.43. The molecule has 1 aromatic heterocycles. The van der Waals surface area contributed by atoms with Gasteiger partial charge in [0, 0.05) is 6.54 Å². The lowest BCUT2D eigenvalue weighted by atomic mass is 9.77. The Morgan fingerprint density at radius 1 is 1.58 bits per heavy atom. The molecule has 106 valence electrons. The number of aromatic nitrogens is 2. The van der Waals surface area contributed by atoms with Gasteiger partial charge in [-0.1, -0.05) is 6.92 Å². The first-order valence-corrected chi connectivity index (χ1v) is 6.70. The molecule has 0 aromatic carbocycles. The normalized spacial score (nSPS) is 27.0. The van der Waals surface area contributed by atoms with E-state index in [0.29, 0.717) is 12.4 Å². The van der Waals surface area contributed by atoms with Crippen molar-refractivity contribution in [3.8, 4) is 5.75 Å². The number of hydrogen-bond acceptors (Lipinski definition) is 5. The van der Waals surface area contributed by atoms with Crippen molar-refractivity contribution in [2.24, 2.45) is 11.7 Å². The molecule has 4 N–H and O–H groups in total. The molecule has 6 nitrogen and oxygen atoms in total. The summed E-state index contributed by atoms with van der Waals surface area (Å²) in [6.07, 6.45) is 5.62. The molecule has 0 spiro atoms. The van der Waals surface area contributed by atoms with Crippen molar-refractivity contribution in [1.29, 1.82) is 0 Å². The van der Waals surface area contributed by atoms with Gasteiger partial charge >= 0.3 is 0 Å². The lowest BCUT2D eigenvalue weighted by Gasteiger charge is -2.39.